The highest BCUT2D eigenvalue weighted by Gasteiger charge is 2.21. The molecule has 0 N–H and O–H groups in total. The summed E-state index contributed by atoms with van der Waals surface area (Å²) in [6, 6.07) is 8.85. The van der Waals surface area contributed by atoms with Crippen LogP contribution in [0.3, 0.4) is 0 Å². The van der Waals surface area contributed by atoms with Crippen LogP contribution < -0.4 is 4.74 Å². The molecule has 3 aromatic rings. The van der Waals surface area contributed by atoms with Gasteiger partial charge in [0.25, 0.3) is 0 Å². The van der Waals surface area contributed by atoms with Gasteiger partial charge >= 0.3 is 0 Å². The summed E-state index contributed by atoms with van der Waals surface area (Å²) in [6.45, 7) is 8.04. The lowest BCUT2D eigenvalue weighted by Gasteiger charge is -2.15. The maximum Gasteiger partial charge on any atom is 0.162 e. The molecule has 1 aromatic carbocycles. The number of ether oxygens (including phenoxy) is 2. The van der Waals surface area contributed by atoms with Gasteiger partial charge in [-0.25, -0.2) is 9.67 Å². The highest BCUT2D eigenvalue weighted by atomic mass is 79.9. The van der Waals surface area contributed by atoms with E-state index in [0.717, 1.165) is 32.9 Å². The number of para-hydroxylation sites is 1. The van der Waals surface area contributed by atoms with Crippen LogP contribution in [0.2, 0.25) is 30.7 Å². The van der Waals surface area contributed by atoms with Crippen LogP contribution in [0.1, 0.15) is 0 Å². The number of hydrogen-bond donors (Lipinski definition) is 0. The van der Waals surface area contributed by atoms with Gasteiger partial charge in [0, 0.05) is 26.4 Å². The molecule has 144 valence electrons. The minimum Gasteiger partial charge on any atom is -0.496 e. The third-order valence-corrected chi connectivity index (χ3v) is 7.15. The van der Waals surface area contributed by atoms with E-state index in [1.54, 1.807) is 18.0 Å². The first-order valence-electron chi connectivity index (χ1n) is 8.73. The Labute approximate surface area is 173 Å². The number of methoxy groups -OCH3 is 1. The van der Waals surface area contributed by atoms with Crippen LogP contribution in [0.5, 0.6) is 5.75 Å². The quantitative estimate of drug-likeness (QED) is 0.323. The van der Waals surface area contributed by atoms with Crippen LogP contribution in [-0.4, -0.2) is 36.6 Å². The van der Waals surface area contributed by atoms with E-state index >= 15 is 0 Å². The van der Waals surface area contributed by atoms with Gasteiger partial charge in [-0.05, 0) is 34.1 Å². The Balaban J connectivity index is 2.02. The van der Waals surface area contributed by atoms with Crippen molar-refractivity contribution in [3.63, 3.8) is 0 Å². The van der Waals surface area contributed by atoms with E-state index in [1.165, 1.54) is 0 Å². The molecule has 0 radical (unpaired) electrons. The minimum absolute atomic E-state index is 0.334. The molecule has 0 saturated heterocycles. The summed E-state index contributed by atoms with van der Waals surface area (Å²) in [5.41, 5.74) is 2.29. The molecule has 0 spiro atoms. The van der Waals surface area contributed by atoms with E-state index in [0.29, 0.717) is 24.0 Å². The normalized spacial score (nSPS) is 11.9. The molecule has 0 unspecified atom stereocenters. The molecule has 2 aromatic heterocycles. The molecule has 2 heterocycles. The average molecular weight is 469 g/mol. The van der Waals surface area contributed by atoms with E-state index in [-0.39, 0.29) is 0 Å². The first kappa shape index (κ1) is 20.3. The number of hydrogen-bond acceptors (Lipinski definition) is 4. The second kappa shape index (κ2) is 8.30. The molecule has 0 aliphatic rings. The maximum absolute atomic E-state index is 6.59. The lowest BCUT2D eigenvalue weighted by Crippen LogP contribution is -2.22. The molecule has 0 fully saturated rings. The van der Waals surface area contributed by atoms with Crippen molar-refractivity contribution in [2.75, 3.05) is 13.7 Å². The van der Waals surface area contributed by atoms with E-state index in [1.807, 2.05) is 24.3 Å². The van der Waals surface area contributed by atoms with Gasteiger partial charge in [-0.15, -0.1) is 0 Å². The molecule has 0 aliphatic heterocycles. The minimum atomic E-state index is -1.14. The number of fused-ring (bicyclic) bond motifs is 1. The smallest absolute Gasteiger partial charge is 0.162 e. The van der Waals surface area contributed by atoms with E-state index in [9.17, 15) is 0 Å². The number of nitrogens with zero attached hydrogens (tertiary/aromatic N) is 3. The first-order chi connectivity index (χ1) is 12.8. The summed E-state index contributed by atoms with van der Waals surface area (Å²) in [5, 5.41) is 6.12. The molecule has 0 amide bonds. The largest absolute Gasteiger partial charge is 0.496 e. The Bertz CT molecular complexity index is 956. The van der Waals surface area contributed by atoms with Crippen molar-refractivity contribution in [3.8, 4) is 17.0 Å². The number of benzene rings is 1. The summed E-state index contributed by atoms with van der Waals surface area (Å²) in [7, 11) is 0.507. The first-order valence-corrected chi connectivity index (χ1v) is 13.6. The van der Waals surface area contributed by atoms with Crippen molar-refractivity contribution < 1.29 is 9.47 Å². The summed E-state index contributed by atoms with van der Waals surface area (Å²) in [5.74, 6) is 0.736. The van der Waals surface area contributed by atoms with Gasteiger partial charge in [-0.2, -0.15) is 5.10 Å². The van der Waals surface area contributed by atoms with E-state index in [4.69, 9.17) is 26.2 Å². The molecular formula is C19H23BrClN3O2Si. The van der Waals surface area contributed by atoms with E-state index < -0.39 is 8.07 Å². The standard InChI is InChI=1S/C19H23BrClN3O2Si/c1-25-15-8-6-5-7-13(15)18-16-17(21)14(20)11-22-19(16)24(23-18)12-26-9-10-27(2,3)4/h5-8,11H,9-10,12H2,1-4H3. The topological polar surface area (TPSA) is 49.2 Å². The summed E-state index contributed by atoms with van der Waals surface area (Å²) in [6.07, 6.45) is 1.69. The van der Waals surface area contributed by atoms with Crippen molar-refractivity contribution >= 4 is 46.6 Å². The Morgan fingerprint density at radius 3 is 2.67 bits per heavy atom. The van der Waals surface area contributed by atoms with Crippen LogP contribution in [0.25, 0.3) is 22.3 Å². The predicted molar refractivity (Wildman–Crippen MR) is 116 cm³/mol. The van der Waals surface area contributed by atoms with Crippen LogP contribution in [0, 0.1) is 0 Å². The maximum atomic E-state index is 6.59. The van der Waals surface area contributed by atoms with Crippen molar-refractivity contribution in [1.82, 2.24) is 14.8 Å². The molecule has 0 atom stereocenters. The second-order valence-electron chi connectivity index (χ2n) is 7.52. The number of halogens is 2. The van der Waals surface area contributed by atoms with Gasteiger partial charge in [-0.3, -0.25) is 0 Å². The molecule has 8 heteroatoms. The number of rotatable bonds is 7. The van der Waals surface area contributed by atoms with Crippen LogP contribution >= 0.6 is 27.5 Å². The average Bonchev–Trinajstić information content (AvgIpc) is 3.00. The molecule has 0 saturated carbocycles. The summed E-state index contributed by atoms with van der Waals surface area (Å²) < 4.78 is 13.9. The van der Waals surface area contributed by atoms with Gasteiger partial charge in [-0.1, -0.05) is 43.4 Å². The Hall–Kier alpha value is -1.41. The van der Waals surface area contributed by atoms with Crippen LogP contribution in [0.15, 0.2) is 34.9 Å². The Morgan fingerprint density at radius 2 is 1.96 bits per heavy atom. The van der Waals surface area contributed by atoms with Gasteiger partial charge in [0.1, 0.15) is 18.2 Å². The van der Waals surface area contributed by atoms with Gasteiger partial charge < -0.3 is 9.47 Å². The van der Waals surface area contributed by atoms with Gasteiger partial charge in [0.2, 0.25) is 0 Å². The molecule has 5 nitrogen and oxygen atoms in total. The third-order valence-electron chi connectivity index (χ3n) is 4.23. The van der Waals surface area contributed by atoms with Crippen molar-refractivity contribution in [1.29, 1.82) is 0 Å². The summed E-state index contributed by atoms with van der Waals surface area (Å²) >= 11 is 10.1. The fourth-order valence-electron chi connectivity index (χ4n) is 2.73. The monoisotopic (exact) mass is 467 g/mol. The fourth-order valence-corrected chi connectivity index (χ4v) is 4.01. The molecule has 27 heavy (non-hydrogen) atoms. The zero-order valence-corrected chi connectivity index (χ0v) is 19.3. The molecule has 0 bridgehead atoms. The molecule has 0 aliphatic carbocycles. The van der Waals surface area contributed by atoms with E-state index in [2.05, 4.69) is 40.6 Å². The highest BCUT2D eigenvalue weighted by molar-refractivity contribution is 9.10. The van der Waals surface area contributed by atoms with Crippen molar-refractivity contribution in [2.45, 2.75) is 32.4 Å². The zero-order chi connectivity index (χ0) is 19.6. The number of aromatic nitrogens is 3. The van der Waals surface area contributed by atoms with Crippen molar-refractivity contribution in [2.24, 2.45) is 0 Å². The zero-order valence-electron chi connectivity index (χ0n) is 15.9. The second-order valence-corrected chi connectivity index (χ2v) is 14.4. The Kier molecular flexibility index (Phi) is 6.25. The SMILES string of the molecule is COc1ccccc1-c1nn(COCC[Si](C)(C)C)c2ncc(Br)c(Cl)c12. The molecule has 3 rings (SSSR count). The van der Waals surface area contributed by atoms with Crippen LogP contribution in [-0.2, 0) is 11.5 Å². The number of pyridine rings is 1. The Morgan fingerprint density at radius 1 is 1.22 bits per heavy atom. The van der Waals surface area contributed by atoms with Gasteiger partial charge in [0.15, 0.2) is 5.65 Å². The predicted octanol–water partition coefficient (Wildman–Crippen LogP) is 5.84. The molecular weight excluding hydrogens is 446 g/mol. The fraction of sp³-hybridized carbons (Fsp3) is 0.368. The highest BCUT2D eigenvalue weighted by Crippen LogP contribution is 2.39. The van der Waals surface area contributed by atoms with Gasteiger partial charge in [0.05, 0.1) is 22.0 Å². The lowest BCUT2D eigenvalue weighted by atomic mass is 10.1. The van der Waals surface area contributed by atoms with Crippen molar-refractivity contribution in [3.05, 3.63) is 40.0 Å². The lowest BCUT2D eigenvalue weighted by molar-refractivity contribution is 0.0814. The third kappa shape index (κ3) is 4.54. The summed E-state index contributed by atoms with van der Waals surface area (Å²) in [4.78, 5) is 4.53. The van der Waals surface area contributed by atoms with Crippen LogP contribution in [0.4, 0.5) is 0 Å².